The molecule has 0 spiro atoms. The third-order valence-corrected chi connectivity index (χ3v) is 4.55. The van der Waals surface area contributed by atoms with Crippen LogP contribution in [0.25, 0.3) is 0 Å². The van der Waals surface area contributed by atoms with Crippen molar-refractivity contribution in [2.75, 3.05) is 11.9 Å². The smallest absolute Gasteiger partial charge is 0.241 e. The van der Waals surface area contributed by atoms with Crippen molar-refractivity contribution in [3.05, 3.63) is 29.0 Å². The molecule has 1 aromatic rings. The van der Waals surface area contributed by atoms with E-state index in [0.717, 1.165) is 13.0 Å². The predicted octanol–water partition coefficient (Wildman–Crippen LogP) is 2.81. The molecule has 0 radical (unpaired) electrons. The molecule has 5 heteroatoms. The standard InChI is InChI=1S/C14H16ClFN2O/c15-10-5-2-6-11(16)13(10)18-14(19)12-9-4-1-3-8(9)7-17-12/h2,5-6,8-9,12,17H,1,3-4,7H2,(H,18,19). The van der Waals surface area contributed by atoms with Crippen LogP contribution in [0.1, 0.15) is 19.3 Å². The minimum atomic E-state index is -0.498. The van der Waals surface area contributed by atoms with Gasteiger partial charge in [0.1, 0.15) is 5.82 Å². The van der Waals surface area contributed by atoms with E-state index < -0.39 is 5.82 Å². The van der Waals surface area contributed by atoms with E-state index in [9.17, 15) is 9.18 Å². The minimum absolute atomic E-state index is 0.0809. The lowest BCUT2D eigenvalue weighted by molar-refractivity contribution is -0.118. The summed E-state index contributed by atoms with van der Waals surface area (Å²) >= 11 is 5.92. The van der Waals surface area contributed by atoms with Crippen LogP contribution in [-0.2, 0) is 4.79 Å². The molecule has 3 nitrogen and oxygen atoms in total. The van der Waals surface area contributed by atoms with Crippen LogP contribution in [0, 0.1) is 17.7 Å². The Morgan fingerprint density at radius 1 is 1.42 bits per heavy atom. The zero-order chi connectivity index (χ0) is 13.4. The highest BCUT2D eigenvalue weighted by Gasteiger charge is 2.42. The molecule has 102 valence electrons. The maximum Gasteiger partial charge on any atom is 0.241 e. The number of benzene rings is 1. The summed E-state index contributed by atoms with van der Waals surface area (Å²) in [7, 11) is 0. The lowest BCUT2D eigenvalue weighted by Gasteiger charge is -2.18. The van der Waals surface area contributed by atoms with Crippen LogP contribution in [-0.4, -0.2) is 18.5 Å². The van der Waals surface area contributed by atoms with Crippen molar-refractivity contribution in [3.8, 4) is 0 Å². The topological polar surface area (TPSA) is 41.1 Å². The quantitative estimate of drug-likeness (QED) is 0.876. The average Bonchev–Trinajstić information content (AvgIpc) is 2.95. The molecule has 0 aromatic heterocycles. The molecule has 1 aromatic carbocycles. The largest absolute Gasteiger partial charge is 0.321 e. The number of halogens is 2. The van der Waals surface area contributed by atoms with Gasteiger partial charge in [-0.15, -0.1) is 0 Å². The first-order valence-corrected chi connectivity index (χ1v) is 7.03. The lowest BCUT2D eigenvalue weighted by atomic mass is 9.93. The highest BCUT2D eigenvalue weighted by atomic mass is 35.5. The number of fused-ring (bicyclic) bond motifs is 1. The van der Waals surface area contributed by atoms with Gasteiger partial charge in [-0.2, -0.15) is 0 Å². The first-order valence-electron chi connectivity index (χ1n) is 6.65. The highest BCUT2D eigenvalue weighted by Crippen LogP contribution is 2.38. The second kappa shape index (κ2) is 5.10. The number of amides is 1. The van der Waals surface area contributed by atoms with E-state index in [-0.39, 0.29) is 22.7 Å². The van der Waals surface area contributed by atoms with Crippen LogP contribution in [0.3, 0.4) is 0 Å². The molecule has 1 aliphatic carbocycles. The molecular formula is C14H16ClFN2O. The molecule has 1 amide bonds. The second-order valence-electron chi connectivity index (χ2n) is 5.33. The van der Waals surface area contributed by atoms with Gasteiger partial charge in [-0.3, -0.25) is 4.79 Å². The van der Waals surface area contributed by atoms with E-state index in [1.165, 1.54) is 25.0 Å². The van der Waals surface area contributed by atoms with Crippen molar-refractivity contribution in [2.24, 2.45) is 11.8 Å². The normalized spacial score (nSPS) is 29.3. The van der Waals surface area contributed by atoms with E-state index in [1.54, 1.807) is 6.07 Å². The Bertz CT molecular complexity index is 488. The molecule has 2 aliphatic rings. The number of nitrogens with one attached hydrogen (secondary N) is 2. The molecule has 1 aliphatic heterocycles. The lowest BCUT2D eigenvalue weighted by Crippen LogP contribution is -2.40. The minimum Gasteiger partial charge on any atom is -0.321 e. The van der Waals surface area contributed by atoms with Gasteiger partial charge in [-0.1, -0.05) is 24.1 Å². The Hall–Kier alpha value is -1.13. The molecule has 3 rings (SSSR count). The number of hydrogen-bond donors (Lipinski definition) is 2. The SMILES string of the molecule is O=C(Nc1c(F)cccc1Cl)C1NCC2CCCC21. The van der Waals surface area contributed by atoms with Gasteiger partial charge in [0.2, 0.25) is 5.91 Å². The Balaban J connectivity index is 1.75. The van der Waals surface area contributed by atoms with Gasteiger partial charge in [0.25, 0.3) is 0 Å². The van der Waals surface area contributed by atoms with Crippen LogP contribution in [0.15, 0.2) is 18.2 Å². The number of para-hydroxylation sites is 1. The van der Waals surface area contributed by atoms with Crippen LogP contribution in [0.5, 0.6) is 0 Å². The van der Waals surface area contributed by atoms with Crippen molar-refractivity contribution in [1.82, 2.24) is 5.32 Å². The van der Waals surface area contributed by atoms with Crippen molar-refractivity contribution >= 4 is 23.2 Å². The molecule has 0 bridgehead atoms. The molecule has 3 atom stereocenters. The van der Waals surface area contributed by atoms with Crippen molar-refractivity contribution in [3.63, 3.8) is 0 Å². The van der Waals surface area contributed by atoms with Crippen molar-refractivity contribution in [2.45, 2.75) is 25.3 Å². The van der Waals surface area contributed by atoms with E-state index in [2.05, 4.69) is 10.6 Å². The van der Waals surface area contributed by atoms with Gasteiger partial charge in [-0.25, -0.2) is 4.39 Å². The number of carbonyl (C=O) groups is 1. The summed E-state index contributed by atoms with van der Waals surface area (Å²) in [4.78, 5) is 12.3. The zero-order valence-electron chi connectivity index (χ0n) is 10.5. The van der Waals surface area contributed by atoms with Crippen molar-refractivity contribution in [1.29, 1.82) is 0 Å². The summed E-state index contributed by atoms with van der Waals surface area (Å²) in [5.74, 6) is 0.292. The van der Waals surface area contributed by atoms with Gasteiger partial charge in [0.05, 0.1) is 16.8 Å². The van der Waals surface area contributed by atoms with Crippen LogP contribution >= 0.6 is 11.6 Å². The number of anilines is 1. The van der Waals surface area contributed by atoms with Gasteiger partial charge in [-0.05, 0) is 43.4 Å². The fraction of sp³-hybridized carbons (Fsp3) is 0.500. The fourth-order valence-electron chi connectivity index (χ4n) is 3.29. The van der Waals surface area contributed by atoms with E-state index in [4.69, 9.17) is 11.6 Å². The van der Waals surface area contributed by atoms with Gasteiger partial charge >= 0.3 is 0 Å². The molecule has 1 saturated heterocycles. The first-order chi connectivity index (χ1) is 9.16. The van der Waals surface area contributed by atoms with Crippen LogP contribution in [0.2, 0.25) is 5.02 Å². The summed E-state index contributed by atoms with van der Waals surface area (Å²) in [6.45, 7) is 0.883. The summed E-state index contributed by atoms with van der Waals surface area (Å²) < 4.78 is 13.6. The van der Waals surface area contributed by atoms with Gasteiger partial charge in [0, 0.05) is 0 Å². The van der Waals surface area contributed by atoms with E-state index in [0.29, 0.717) is 11.8 Å². The number of carbonyl (C=O) groups excluding carboxylic acids is 1. The van der Waals surface area contributed by atoms with Gasteiger partial charge in [0.15, 0.2) is 0 Å². The first kappa shape index (κ1) is 12.9. The Morgan fingerprint density at radius 2 is 2.26 bits per heavy atom. The van der Waals surface area contributed by atoms with E-state index in [1.807, 2.05) is 0 Å². The molecular weight excluding hydrogens is 267 g/mol. The summed E-state index contributed by atoms with van der Waals surface area (Å²) in [6.07, 6.45) is 3.43. The Kier molecular flexibility index (Phi) is 3.46. The van der Waals surface area contributed by atoms with Crippen LogP contribution < -0.4 is 10.6 Å². The third kappa shape index (κ3) is 2.35. The summed E-state index contributed by atoms with van der Waals surface area (Å²) in [5, 5.41) is 6.10. The molecule has 1 heterocycles. The van der Waals surface area contributed by atoms with Crippen LogP contribution in [0.4, 0.5) is 10.1 Å². The molecule has 3 unspecified atom stereocenters. The van der Waals surface area contributed by atoms with Gasteiger partial charge < -0.3 is 10.6 Å². The Labute approximate surface area is 116 Å². The van der Waals surface area contributed by atoms with E-state index >= 15 is 0 Å². The molecule has 2 N–H and O–H groups in total. The summed E-state index contributed by atoms with van der Waals surface area (Å²) in [6, 6.07) is 4.17. The molecule has 19 heavy (non-hydrogen) atoms. The number of hydrogen-bond acceptors (Lipinski definition) is 2. The summed E-state index contributed by atoms with van der Waals surface area (Å²) in [5.41, 5.74) is 0.0809. The highest BCUT2D eigenvalue weighted by molar-refractivity contribution is 6.33. The third-order valence-electron chi connectivity index (χ3n) is 4.24. The number of rotatable bonds is 2. The fourth-order valence-corrected chi connectivity index (χ4v) is 3.50. The molecule has 1 saturated carbocycles. The second-order valence-corrected chi connectivity index (χ2v) is 5.73. The Morgan fingerprint density at radius 3 is 3.05 bits per heavy atom. The van der Waals surface area contributed by atoms with Crippen molar-refractivity contribution < 1.29 is 9.18 Å². The monoisotopic (exact) mass is 282 g/mol. The predicted molar refractivity (Wildman–Crippen MR) is 72.7 cm³/mol. The zero-order valence-corrected chi connectivity index (χ0v) is 11.2. The maximum absolute atomic E-state index is 13.6. The maximum atomic E-state index is 13.6. The average molecular weight is 283 g/mol. The molecule has 2 fully saturated rings.